The summed E-state index contributed by atoms with van der Waals surface area (Å²) in [6.45, 7) is 4.65. The topological polar surface area (TPSA) is 148 Å². The molecule has 0 radical (unpaired) electrons. The number of aliphatic hydroxyl groups excluding tert-OH is 1. The Morgan fingerprint density at radius 1 is 0.841 bits per heavy atom. The first kappa shape index (κ1) is 32.5. The molecule has 44 heavy (non-hydrogen) atoms. The first-order valence-electron chi connectivity index (χ1n) is 14.2. The maximum atomic E-state index is 12.7. The molecule has 1 atom stereocenters. The summed E-state index contributed by atoms with van der Waals surface area (Å²) in [4.78, 5) is 12.7. The van der Waals surface area contributed by atoms with Crippen molar-refractivity contribution in [1.82, 2.24) is 10.6 Å². The van der Waals surface area contributed by atoms with Crippen LogP contribution in [0, 0.1) is 0 Å². The number of carbonyl (C=O) groups excluding carboxylic acids is 1. The predicted octanol–water partition coefficient (Wildman–Crippen LogP) is 4.64. The zero-order chi connectivity index (χ0) is 31.9. The number of hydrogen-bond donors (Lipinski definition) is 6. The molecular weight excluding hydrogens is 578 g/mol. The molecule has 10 heteroatoms. The van der Waals surface area contributed by atoms with Gasteiger partial charge in [0.25, 0.3) is 0 Å². The quantitative estimate of drug-likeness (QED) is 0.120. The maximum Gasteiger partial charge on any atom is 0.229 e. The number of carbonyl (C=O) groups is 1. The molecule has 0 spiro atoms. The van der Waals surface area contributed by atoms with Crippen LogP contribution in [0.2, 0.25) is 0 Å². The summed E-state index contributed by atoms with van der Waals surface area (Å²) in [6, 6.07) is 27.1. The maximum absolute atomic E-state index is 12.7. The summed E-state index contributed by atoms with van der Waals surface area (Å²) >= 11 is 0. The number of phenolic OH excluding ortho intramolecular Hbond substituents is 2. The van der Waals surface area contributed by atoms with E-state index in [0.29, 0.717) is 18.5 Å². The Kier molecular flexibility index (Phi) is 10.3. The molecule has 0 aliphatic rings. The third kappa shape index (κ3) is 9.84. The van der Waals surface area contributed by atoms with Crippen LogP contribution >= 0.6 is 0 Å². The van der Waals surface area contributed by atoms with Gasteiger partial charge < -0.3 is 26.0 Å². The Bertz CT molecular complexity index is 1690. The highest BCUT2D eigenvalue weighted by Crippen LogP contribution is 2.28. The van der Waals surface area contributed by atoms with Crippen molar-refractivity contribution in [2.24, 2.45) is 0 Å². The molecule has 4 rings (SSSR count). The largest absolute Gasteiger partial charge is 0.508 e. The van der Waals surface area contributed by atoms with Gasteiger partial charge in [-0.05, 0) is 77.9 Å². The number of benzene rings is 4. The third-order valence-electron chi connectivity index (χ3n) is 7.12. The average molecular weight is 618 g/mol. The summed E-state index contributed by atoms with van der Waals surface area (Å²) in [7, 11) is -3.59. The highest BCUT2D eigenvalue weighted by Gasteiger charge is 2.21. The van der Waals surface area contributed by atoms with Crippen LogP contribution in [-0.2, 0) is 34.2 Å². The lowest BCUT2D eigenvalue weighted by molar-refractivity contribution is -0.120. The van der Waals surface area contributed by atoms with E-state index >= 15 is 0 Å². The monoisotopic (exact) mass is 617 g/mol. The van der Waals surface area contributed by atoms with E-state index in [4.69, 9.17) is 0 Å². The van der Waals surface area contributed by atoms with E-state index in [9.17, 15) is 28.5 Å². The molecule has 0 unspecified atom stereocenters. The number of anilines is 1. The minimum Gasteiger partial charge on any atom is -0.508 e. The average Bonchev–Trinajstić information content (AvgIpc) is 2.96. The minimum atomic E-state index is -3.59. The van der Waals surface area contributed by atoms with Crippen molar-refractivity contribution in [2.45, 2.75) is 44.9 Å². The summed E-state index contributed by atoms with van der Waals surface area (Å²) in [5.74, 6) is -0.0820. The SMILES string of the molecule is CC(C)(Cc1cccc(CC(=O)NCc2ccc(-c3ccc(O)cc3)cc2)c1)NC[C@H](O)c1ccc(O)c(NS(C)(=O)=O)c1. The van der Waals surface area contributed by atoms with Crippen molar-refractivity contribution in [3.05, 3.63) is 113 Å². The molecule has 6 N–H and O–H groups in total. The van der Waals surface area contributed by atoms with Crippen molar-refractivity contribution in [3.63, 3.8) is 0 Å². The van der Waals surface area contributed by atoms with Crippen molar-refractivity contribution < 1.29 is 28.5 Å². The van der Waals surface area contributed by atoms with Gasteiger partial charge in [-0.25, -0.2) is 8.42 Å². The fourth-order valence-corrected chi connectivity index (χ4v) is 5.44. The molecule has 0 saturated carbocycles. The summed E-state index contributed by atoms with van der Waals surface area (Å²) < 4.78 is 25.4. The van der Waals surface area contributed by atoms with E-state index in [2.05, 4.69) is 15.4 Å². The minimum absolute atomic E-state index is 0.00711. The van der Waals surface area contributed by atoms with E-state index < -0.39 is 21.7 Å². The molecular formula is C34H39N3O6S. The second kappa shape index (κ2) is 13.9. The number of nitrogens with one attached hydrogen (secondary N) is 3. The van der Waals surface area contributed by atoms with Gasteiger partial charge in [0.15, 0.2) is 0 Å². The van der Waals surface area contributed by atoms with Gasteiger partial charge >= 0.3 is 0 Å². The van der Waals surface area contributed by atoms with Crippen LogP contribution in [-0.4, -0.2) is 48.0 Å². The van der Waals surface area contributed by atoms with Crippen LogP contribution in [0.5, 0.6) is 11.5 Å². The number of sulfonamides is 1. The number of β-amino-alcohol motifs (C(OH)–C–C–N with tert-alkyl or cyclic N) is 1. The van der Waals surface area contributed by atoms with Gasteiger partial charge in [-0.15, -0.1) is 0 Å². The van der Waals surface area contributed by atoms with E-state index in [1.54, 1.807) is 18.2 Å². The number of aliphatic hydroxyl groups is 1. The highest BCUT2D eigenvalue weighted by molar-refractivity contribution is 7.92. The fourth-order valence-electron chi connectivity index (χ4n) is 4.87. The van der Waals surface area contributed by atoms with Crippen molar-refractivity contribution in [2.75, 3.05) is 17.5 Å². The van der Waals surface area contributed by atoms with Gasteiger partial charge in [-0.3, -0.25) is 9.52 Å². The van der Waals surface area contributed by atoms with E-state index in [0.717, 1.165) is 34.1 Å². The zero-order valence-electron chi connectivity index (χ0n) is 25.0. The van der Waals surface area contributed by atoms with Gasteiger partial charge in [-0.2, -0.15) is 0 Å². The lowest BCUT2D eigenvalue weighted by atomic mass is 9.93. The molecule has 4 aromatic rings. The van der Waals surface area contributed by atoms with Gasteiger partial charge in [0.05, 0.1) is 24.5 Å². The van der Waals surface area contributed by atoms with Crippen molar-refractivity contribution >= 4 is 21.6 Å². The molecule has 0 aliphatic heterocycles. The summed E-state index contributed by atoms with van der Waals surface area (Å²) in [6.07, 6.45) is 0.937. The number of amides is 1. The second-order valence-electron chi connectivity index (χ2n) is 11.6. The van der Waals surface area contributed by atoms with E-state index in [1.807, 2.05) is 74.5 Å². The standard InChI is InChI=1S/C34H39N3O6S/c1-34(2,36-22-32(40)28-13-16-31(39)30(19-28)37-44(3,42)43)20-25-6-4-5-24(17-25)18-33(41)35-21-23-7-9-26(10-8-23)27-11-14-29(38)15-12-27/h4-17,19,32,36-40H,18,20-22H2,1-3H3,(H,35,41)/t32-/m0/s1. The Labute approximate surface area is 258 Å². The van der Waals surface area contributed by atoms with Gasteiger partial charge in [0.1, 0.15) is 11.5 Å². The molecule has 0 aromatic heterocycles. The van der Waals surface area contributed by atoms with Gasteiger partial charge in [-0.1, -0.05) is 66.7 Å². The number of rotatable bonds is 13. The highest BCUT2D eigenvalue weighted by atomic mass is 32.2. The van der Waals surface area contributed by atoms with Crippen LogP contribution in [0.4, 0.5) is 5.69 Å². The van der Waals surface area contributed by atoms with Crippen molar-refractivity contribution in [3.8, 4) is 22.6 Å². The molecule has 0 heterocycles. The molecule has 1 amide bonds. The Hall–Kier alpha value is -4.38. The predicted molar refractivity (Wildman–Crippen MR) is 173 cm³/mol. The Morgan fingerprint density at radius 3 is 2.14 bits per heavy atom. The number of phenols is 2. The fraction of sp³-hybridized carbons (Fsp3) is 0.265. The smallest absolute Gasteiger partial charge is 0.229 e. The molecule has 0 saturated heterocycles. The van der Waals surface area contributed by atoms with E-state index in [-0.39, 0.29) is 36.1 Å². The number of hydrogen-bond acceptors (Lipinski definition) is 7. The summed E-state index contributed by atoms with van der Waals surface area (Å²) in [5, 5.41) is 36.5. The zero-order valence-corrected chi connectivity index (χ0v) is 25.9. The molecule has 0 fully saturated rings. The lowest BCUT2D eigenvalue weighted by Gasteiger charge is -2.28. The molecule has 4 aromatic carbocycles. The van der Waals surface area contributed by atoms with Gasteiger partial charge in [0, 0.05) is 18.6 Å². The second-order valence-corrected chi connectivity index (χ2v) is 13.4. The Morgan fingerprint density at radius 2 is 1.48 bits per heavy atom. The first-order valence-corrected chi connectivity index (χ1v) is 16.1. The molecule has 9 nitrogen and oxygen atoms in total. The molecule has 0 aliphatic carbocycles. The Balaban J connectivity index is 1.28. The summed E-state index contributed by atoms with van der Waals surface area (Å²) in [5.41, 5.74) is 5.01. The normalized spacial score (nSPS) is 12.5. The molecule has 232 valence electrons. The first-order chi connectivity index (χ1) is 20.8. The van der Waals surface area contributed by atoms with Crippen LogP contribution in [0.15, 0.2) is 91.0 Å². The van der Waals surface area contributed by atoms with E-state index in [1.165, 1.54) is 12.1 Å². The van der Waals surface area contributed by atoms with Crippen molar-refractivity contribution in [1.29, 1.82) is 0 Å². The number of aromatic hydroxyl groups is 2. The van der Waals surface area contributed by atoms with Crippen LogP contribution in [0.1, 0.15) is 42.2 Å². The molecule has 0 bridgehead atoms. The lowest BCUT2D eigenvalue weighted by Crippen LogP contribution is -2.43. The van der Waals surface area contributed by atoms with Crippen LogP contribution in [0.25, 0.3) is 11.1 Å². The van der Waals surface area contributed by atoms with Crippen LogP contribution < -0.4 is 15.4 Å². The third-order valence-corrected chi connectivity index (χ3v) is 7.71. The van der Waals surface area contributed by atoms with Gasteiger partial charge in [0.2, 0.25) is 15.9 Å². The van der Waals surface area contributed by atoms with Crippen LogP contribution in [0.3, 0.4) is 0 Å².